The maximum absolute atomic E-state index is 5.43. The van der Waals surface area contributed by atoms with Gasteiger partial charge in [-0.1, -0.05) is 24.3 Å². The van der Waals surface area contributed by atoms with E-state index in [2.05, 4.69) is 56.1 Å². The summed E-state index contributed by atoms with van der Waals surface area (Å²) in [7, 11) is 3.43. The van der Waals surface area contributed by atoms with Crippen molar-refractivity contribution in [3.8, 4) is 11.5 Å². The van der Waals surface area contributed by atoms with E-state index >= 15 is 0 Å². The van der Waals surface area contributed by atoms with Crippen molar-refractivity contribution in [2.75, 3.05) is 14.2 Å². The van der Waals surface area contributed by atoms with Crippen LogP contribution in [0, 0.1) is 0 Å². The summed E-state index contributed by atoms with van der Waals surface area (Å²) >= 11 is 7.40. The molecule has 2 nitrogen and oxygen atoms in total. The molecular weight excluding hydrogens is 456 g/mol. The molecule has 0 aromatic heterocycles. The van der Waals surface area contributed by atoms with Gasteiger partial charge in [0.05, 0.1) is 23.2 Å². The molecule has 134 valence electrons. The van der Waals surface area contributed by atoms with Gasteiger partial charge in [0.1, 0.15) is 11.5 Å². The van der Waals surface area contributed by atoms with Gasteiger partial charge in [-0.05, 0) is 103 Å². The molecule has 4 heteroatoms. The molecule has 2 aromatic carbocycles. The summed E-state index contributed by atoms with van der Waals surface area (Å²) in [5, 5.41) is 0. The van der Waals surface area contributed by atoms with Gasteiger partial charge in [0.2, 0.25) is 0 Å². The van der Waals surface area contributed by atoms with E-state index in [1.165, 1.54) is 33.4 Å². The van der Waals surface area contributed by atoms with Crippen LogP contribution in [0.25, 0.3) is 12.2 Å². The number of halogens is 2. The standard InChI is InChI=1S/C22H20Br2O2/c1-25-19-9-5-15-11-13(3-7-17(15)21(19)23)14-4-8-18-16(12-14)6-10-20(26-2)22(18)24/h5-6,9-12H,3-4,7-8H2,1-2H3. The molecule has 0 atom stereocenters. The molecule has 0 aliphatic heterocycles. The highest BCUT2D eigenvalue weighted by Gasteiger charge is 2.21. The third kappa shape index (κ3) is 3.03. The summed E-state index contributed by atoms with van der Waals surface area (Å²) in [6.07, 6.45) is 8.90. The molecule has 4 rings (SSSR count). The molecular formula is C22H20Br2O2. The summed E-state index contributed by atoms with van der Waals surface area (Å²) in [5.74, 6) is 1.82. The van der Waals surface area contributed by atoms with Crippen LogP contribution >= 0.6 is 31.9 Å². The van der Waals surface area contributed by atoms with E-state index in [0.29, 0.717) is 0 Å². The van der Waals surface area contributed by atoms with Crippen molar-refractivity contribution in [2.45, 2.75) is 25.7 Å². The maximum Gasteiger partial charge on any atom is 0.133 e. The third-order valence-corrected chi connectivity index (χ3v) is 7.03. The molecule has 0 saturated carbocycles. The highest BCUT2D eigenvalue weighted by Crippen LogP contribution is 2.41. The molecule has 0 radical (unpaired) electrons. The number of allylic oxidation sites excluding steroid dienone is 2. The quantitative estimate of drug-likeness (QED) is 0.498. The SMILES string of the molecule is COc1ccc2c(c1Br)CCC(C1=Cc3ccc(OC)c(Br)c3CC1)=C2. The third-order valence-electron chi connectivity index (χ3n) is 5.29. The smallest absolute Gasteiger partial charge is 0.133 e. The Morgan fingerprint density at radius 1 is 0.654 bits per heavy atom. The highest BCUT2D eigenvalue weighted by molar-refractivity contribution is 9.11. The van der Waals surface area contributed by atoms with E-state index in [4.69, 9.17) is 9.47 Å². The number of hydrogen-bond acceptors (Lipinski definition) is 2. The minimum Gasteiger partial charge on any atom is -0.496 e. The van der Waals surface area contributed by atoms with Crippen molar-refractivity contribution >= 4 is 44.0 Å². The van der Waals surface area contributed by atoms with Gasteiger partial charge in [-0.3, -0.25) is 0 Å². The molecule has 0 saturated heterocycles. The first kappa shape index (κ1) is 17.9. The molecule has 2 aliphatic rings. The van der Waals surface area contributed by atoms with E-state index in [1.54, 1.807) is 14.2 Å². The average molecular weight is 476 g/mol. The van der Waals surface area contributed by atoms with Gasteiger partial charge < -0.3 is 9.47 Å². The van der Waals surface area contributed by atoms with Gasteiger partial charge in [-0.25, -0.2) is 0 Å². The minimum absolute atomic E-state index is 0.908. The lowest BCUT2D eigenvalue weighted by atomic mass is 9.82. The van der Waals surface area contributed by atoms with Gasteiger partial charge in [0.25, 0.3) is 0 Å². The minimum atomic E-state index is 0.908. The largest absolute Gasteiger partial charge is 0.496 e. The number of methoxy groups -OCH3 is 2. The van der Waals surface area contributed by atoms with Crippen LogP contribution in [0.15, 0.2) is 44.4 Å². The van der Waals surface area contributed by atoms with Crippen molar-refractivity contribution in [3.63, 3.8) is 0 Å². The lowest BCUT2D eigenvalue weighted by molar-refractivity contribution is 0.411. The molecule has 0 heterocycles. The topological polar surface area (TPSA) is 18.5 Å². The van der Waals surface area contributed by atoms with Crippen LogP contribution in [0.2, 0.25) is 0 Å². The van der Waals surface area contributed by atoms with E-state index < -0.39 is 0 Å². The van der Waals surface area contributed by atoms with Gasteiger partial charge in [0, 0.05) is 0 Å². The summed E-state index contributed by atoms with van der Waals surface area (Å²) in [5.41, 5.74) is 8.18. The zero-order chi connectivity index (χ0) is 18.3. The fourth-order valence-corrected chi connectivity index (χ4v) is 5.31. The average Bonchev–Trinajstić information content (AvgIpc) is 2.68. The second kappa shape index (κ2) is 7.24. The molecule has 2 aliphatic carbocycles. The van der Waals surface area contributed by atoms with Crippen LogP contribution in [0.1, 0.15) is 35.1 Å². The fourth-order valence-electron chi connectivity index (χ4n) is 3.87. The van der Waals surface area contributed by atoms with Gasteiger partial charge in [-0.15, -0.1) is 0 Å². The number of ether oxygens (including phenoxy) is 2. The number of fused-ring (bicyclic) bond motifs is 2. The summed E-state index contributed by atoms with van der Waals surface area (Å²) in [6.45, 7) is 0. The first-order valence-corrected chi connectivity index (χ1v) is 10.3. The van der Waals surface area contributed by atoms with Crippen molar-refractivity contribution in [2.24, 2.45) is 0 Å². The van der Waals surface area contributed by atoms with Crippen molar-refractivity contribution < 1.29 is 9.47 Å². The molecule has 0 spiro atoms. The molecule has 0 N–H and O–H groups in total. The second-order valence-corrected chi connectivity index (χ2v) is 8.22. The Hall–Kier alpha value is -1.52. The van der Waals surface area contributed by atoms with Crippen molar-refractivity contribution in [3.05, 3.63) is 66.6 Å². The van der Waals surface area contributed by atoms with Crippen LogP contribution in [0.3, 0.4) is 0 Å². The molecule has 0 unspecified atom stereocenters. The van der Waals surface area contributed by atoms with Crippen molar-refractivity contribution in [1.82, 2.24) is 0 Å². The molecule has 26 heavy (non-hydrogen) atoms. The van der Waals surface area contributed by atoms with Crippen LogP contribution in [-0.4, -0.2) is 14.2 Å². The number of hydrogen-bond donors (Lipinski definition) is 0. The molecule has 0 fully saturated rings. The summed E-state index contributed by atoms with van der Waals surface area (Å²) < 4.78 is 13.0. The Morgan fingerprint density at radius 3 is 1.46 bits per heavy atom. The van der Waals surface area contributed by atoms with Crippen molar-refractivity contribution in [1.29, 1.82) is 0 Å². The summed E-state index contributed by atoms with van der Waals surface area (Å²) in [4.78, 5) is 0. The first-order valence-electron chi connectivity index (χ1n) is 8.74. The normalized spacial score (nSPS) is 15.5. The Morgan fingerprint density at radius 2 is 1.08 bits per heavy atom. The number of benzene rings is 2. The van der Waals surface area contributed by atoms with E-state index in [1.807, 2.05) is 12.1 Å². The van der Waals surface area contributed by atoms with Crippen LogP contribution in [0.5, 0.6) is 11.5 Å². The lowest BCUT2D eigenvalue weighted by Crippen LogP contribution is -2.07. The Kier molecular flexibility index (Phi) is 4.98. The zero-order valence-corrected chi connectivity index (χ0v) is 18.0. The predicted molar refractivity (Wildman–Crippen MR) is 114 cm³/mol. The second-order valence-electron chi connectivity index (χ2n) is 6.64. The first-order chi connectivity index (χ1) is 12.6. The zero-order valence-electron chi connectivity index (χ0n) is 14.9. The van der Waals surface area contributed by atoms with E-state index in [9.17, 15) is 0 Å². The fraction of sp³-hybridized carbons (Fsp3) is 0.273. The maximum atomic E-state index is 5.43. The van der Waals surface area contributed by atoms with Gasteiger partial charge in [0.15, 0.2) is 0 Å². The van der Waals surface area contributed by atoms with Crippen LogP contribution < -0.4 is 9.47 Å². The Balaban J connectivity index is 1.71. The monoisotopic (exact) mass is 474 g/mol. The number of rotatable bonds is 3. The van der Waals surface area contributed by atoms with Crippen LogP contribution in [-0.2, 0) is 12.8 Å². The molecule has 0 amide bonds. The van der Waals surface area contributed by atoms with E-state index in [-0.39, 0.29) is 0 Å². The van der Waals surface area contributed by atoms with Gasteiger partial charge in [-0.2, -0.15) is 0 Å². The lowest BCUT2D eigenvalue weighted by Gasteiger charge is -2.24. The Labute approximate surface area is 171 Å². The Bertz CT molecular complexity index is 864. The van der Waals surface area contributed by atoms with Crippen LogP contribution in [0.4, 0.5) is 0 Å². The van der Waals surface area contributed by atoms with E-state index in [0.717, 1.165) is 46.1 Å². The van der Waals surface area contributed by atoms with Gasteiger partial charge >= 0.3 is 0 Å². The summed E-state index contributed by atoms with van der Waals surface area (Å²) in [6, 6.07) is 8.40. The predicted octanol–water partition coefficient (Wildman–Crippen LogP) is 6.59. The molecule has 0 bridgehead atoms. The highest BCUT2D eigenvalue weighted by atomic mass is 79.9. The molecule has 2 aromatic rings.